The van der Waals surface area contributed by atoms with E-state index in [1.54, 1.807) is 24.2 Å². The van der Waals surface area contributed by atoms with E-state index in [0.717, 1.165) is 28.2 Å². The maximum absolute atomic E-state index is 12.1. The highest BCUT2D eigenvalue weighted by Gasteiger charge is 2.24. The van der Waals surface area contributed by atoms with Crippen LogP contribution in [0.4, 0.5) is 11.4 Å². The van der Waals surface area contributed by atoms with Crippen LogP contribution in [-0.4, -0.2) is 23.8 Å². The molecule has 5 nitrogen and oxygen atoms in total. The van der Waals surface area contributed by atoms with Crippen molar-refractivity contribution in [2.75, 3.05) is 17.3 Å². The lowest BCUT2D eigenvalue weighted by molar-refractivity contribution is -0.117. The third kappa shape index (κ3) is 2.83. The van der Waals surface area contributed by atoms with Gasteiger partial charge in [0.05, 0.1) is 12.8 Å². The van der Waals surface area contributed by atoms with Gasteiger partial charge in [0.15, 0.2) is 0 Å². The van der Waals surface area contributed by atoms with E-state index in [1.807, 2.05) is 31.2 Å². The zero-order valence-electron chi connectivity index (χ0n) is 12.6. The van der Waals surface area contributed by atoms with E-state index in [9.17, 15) is 9.59 Å². The largest absolute Gasteiger partial charge is 0.326 e. The van der Waals surface area contributed by atoms with Gasteiger partial charge in [0.1, 0.15) is 0 Å². The maximum Gasteiger partial charge on any atom is 0.231 e. The van der Waals surface area contributed by atoms with E-state index in [4.69, 9.17) is 0 Å². The molecule has 1 N–H and O–H groups in total. The van der Waals surface area contributed by atoms with Gasteiger partial charge in [-0.3, -0.25) is 14.6 Å². The number of aromatic nitrogens is 1. The summed E-state index contributed by atoms with van der Waals surface area (Å²) in [6.45, 7) is 1.88. The van der Waals surface area contributed by atoms with Crippen LogP contribution >= 0.6 is 0 Å². The first-order chi connectivity index (χ1) is 10.5. The third-order valence-corrected chi connectivity index (χ3v) is 3.77. The lowest BCUT2D eigenvalue weighted by Gasteiger charge is -2.10. The molecule has 0 spiro atoms. The molecule has 0 fully saturated rings. The molecule has 3 rings (SSSR count). The molecule has 2 heterocycles. The summed E-state index contributed by atoms with van der Waals surface area (Å²) in [5, 5.41) is 2.86. The lowest BCUT2D eigenvalue weighted by atomic mass is 10.1. The molecule has 5 heteroatoms. The number of anilines is 2. The molecular weight excluding hydrogens is 278 g/mol. The van der Waals surface area contributed by atoms with E-state index in [2.05, 4.69) is 10.3 Å². The number of nitrogens with one attached hydrogen (secondary N) is 1. The van der Waals surface area contributed by atoms with Crippen LogP contribution in [0.3, 0.4) is 0 Å². The summed E-state index contributed by atoms with van der Waals surface area (Å²) in [5.74, 6) is 0.00657. The van der Waals surface area contributed by atoms with Gasteiger partial charge in [-0.05, 0) is 36.2 Å². The molecule has 1 aliphatic heterocycles. The number of hydrogen-bond acceptors (Lipinski definition) is 3. The Labute approximate surface area is 129 Å². The number of pyridine rings is 1. The average Bonchev–Trinajstić information content (AvgIpc) is 2.73. The zero-order chi connectivity index (χ0) is 15.7. The van der Waals surface area contributed by atoms with Crippen molar-refractivity contribution < 1.29 is 9.59 Å². The molecular formula is C17H17N3O2. The molecule has 22 heavy (non-hydrogen) atoms. The Kier molecular flexibility index (Phi) is 3.63. The maximum atomic E-state index is 12.1. The van der Waals surface area contributed by atoms with Crippen LogP contribution in [0.2, 0.25) is 0 Å². The molecule has 1 aromatic heterocycles. The highest BCUT2D eigenvalue weighted by molar-refractivity contribution is 6.01. The van der Waals surface area contributed by atoms with Crippen molar-refractivity contribution in [1.82, 2.24) is 4.98 Å². The van der Waals surface area contributed by atoms with E-state index < -0.39 is 0 Å². The monoisotopic (exact) mass is 295 g/mol. The van der Waals surface area contributed by atoms with Crippen molar-refractivity contribution >= 4 is 23.2 Å². The summed E-state index contributed by atoms with van der Waals surface area (Å²) in [4.78, 5) is 29.5. The Morgan fingerprint density at radius 3 is 2.91 bits per heavy atom. The summed E-state index contributed by atoms with van der Waals surface area (Å²) in [6.07, 6.45) is 2.36. The number of nitrogens with zero attached hydrogens (tertiary/aromatic N) is 2. The summed E-state index contributed by atoms with van der Waals surface area (Å²) in [7, 11) is 1.77. The van der Waals surface area contributed by atoms with E-state index in [1.165, 1.54) is 0 Å². The van der Waals surface area contributed by atoms with Gasteiger partial charge in [0.2, 0.25) is 11.8 Å². The van der Waals surface area contributed by atoms with Crippen LogP contribution in [0.1, 0.15) is 16.8 Å². The van der Waals surface area contributed by atoms with Gasteiger partial charge in [0.25, 0.3) is 0 Å². The van der Waals surface area contributed by atoms with Gasteiger partial charge in [-0.25, -0.2) is 0 Å². The average molecular weight is 295 g/mol. The molecule has 0 atom stereocenters. The molecule has 0 saturated heterocycles. The minimum atomic E-state index is -0.0803. The van der Waals surface area contributed by atoms with Crippen LogP contribution in [0, 0.1) is 6.92 Å². The van der Waals surface area contributed by atoms with Crippen molar-refractivity contribution in [2.24, 2.45) is 0 Å². The van der Waals surface area contributed by atoms with Crippen LogP contribution in [0.15, 0.2) is 36.5 Å². The highest BCUT2D eigenvalue weighted by Crippen LogP contribution is 2.28. The molecule has 2 amide bonds. The van der Waals surface area contributed by atoms with Crippen LogP contribution in [0.25, 0.3) is 0 Å². The van der Waals surface area contributed by atoms with E-state index >= 15 is 0 Å². The van der Waals surface area contributed by atoms with Gasteiger partial charge in [-0.1, -0.05) is 12.1 Å². The SMILES string of the molecule is Cc1cc(NC(=O)Cc2ccc3c(c2)CC(=O)N3C)ccn1. The van der Waals surface area contributed by atoms with Crippen molar-refractivity contribution in [2.45, 2.75) is 19.8 Å². The second-order valence-electron chi connectivity index (χ2n) is 5.50. The summed E-state index contributed by atoms with van der Waals surface area (Å²) < 4.78 is 0. The fourth-order valence-electron chi connectivity index (χ4n) is 2.65. The molecule has 1 aliphatic rings. The first kappa shape index (κ1) is 14.3. The smallest absolute Gasteiger partial charge is 0.231 e. The molecule has 2 aromatic rings. The fraction of sp³-hybridized carbons (Fsp3) is 0.235. The van der Waals surface area contributed by atoms with Gasteiger partial charge in [-0.15, -0.1) is 0 Å². The quantitative estimate of drug-likeness (QED) is 0.943. The second kappa shape index (κ2) is 5.60. The minimum Gasteiger partial charge on any atom is -0.326 e. The van der Waals surface area contributed by atoms with E-state index in [0.29, 0.717) is 6.42 Å². The summed E-state index contributed by atoms with van der Waals surface area (Å²) >= 11 is 0. The number of rotatable bonds is 3. The standard InChI is InChI=1S/C17H17N3O2/c1-11-7-14(5-6-18-11)19-16(21)9-12-3-4-15-13(8-12)10-17(22)20(15)2/h3-8H,9-10H2,1-2H3,(H,18,19,21). The zero-order valence-corrected chi connectivity index (χ0v) is 12.6. The van der Waals surface area contributed by atoms with Crippen molar-refractivity contribution in [3.8, 4) is 0 Å². The van der Waals surface area contributed by atoms with Crippen LogP contribution in [-0.2, 0) is 22.4 Å². The van der Waals surface area contributed by atoms with Gasteiger partial charge < -0.3 is 10.2 Å². The molecule has 0 radical (unpaired) electrons. The van der Waals surface area contributed by atoms with Gasteiger partial charge >= 0.3 is 0 Å². The Hall–Kier alpha value is -2.69. The number of benzene rings is 1. The number of likely N-dealkylation sites (N-methyl/N-ethyl adjacent to an activating group) is 1. The second-order valence-corrected chi connectivity index (χ2v) is 5.50. The van der Waals surface area contributed by atoms with Crippen molar-refractivity contribution in [1.29, 1.82) is 0 Å². The Morgan fingerprint density at radius 2 is 2.14 bits per heavy atom. The lowest BCUT2D eigenvalue weighted by Crippen LogP contribution is -2.20. The molecule has 0 aliphatic carbocycles. The molecule has 0 bridgehead atoms. The van der Waals surface area contributed by atoms with Crippen molar-refractivity contribution in [3.05, 3.63) is 53.3 Å². The first-order valence-corrected chi connectivity index (χ1v) is 7.14. The number of carbonyl (C=O) groups is 2. The minimum absolute atomic E-state index is 0.0803. The van der Waals surface area contributed by atoms with Crippen molar-refractivity contribution in [3.63, 3.8) is 0 Å². The Bertz CT molecular complexity index is 755. The third-order valence-electron chi connectivity index (χ3n) is 3.77. The van der Waals surface area contributed by atoms with E-state index in [-0.39, 0.29) is 18.2 Å². The molecule has 0 unspecified atom stereocenters. The van der Waals surface area contributed by atoms with Crippen LogP contribution in [0.5, 0.6) is 0 Å². The highest BCUT2D eigenvalue weighted by atomic mass is 16.2. The van der Waals surface area contributed by atoms with Gasteiger partial charge in [-0.2, -0.15) is 0 Å². The normalized spacial score (nSPS) is 13.2. The summed E-state index contributed by atoms with van der Waals surface area (Å²) in [6, 6.07) is 9.33. The predicted octanol–water partition coefficient (Wildman–Crippen LogP) is 2.09. The number of fused-ring (bicyclic) bond motifs is 1. The van der Waals surface area contributed by atoms with Gasteiger partial charge in [0, 0.05) is 30.3 Å². The molecule has 1 aromatic carbocycles. The number of aryl methyl sites for hydroxylation is 1. The topological polar surface area (TPSA) is 62.3 Å². The molecule has 0 saturated carbocycles. The Morgan fingerprint density at radius 1 is 1.32 bits per heavy atom. The van der Waals surface area contributed by atoms with Crippen LogP contribution < -0.4 is 10.2 Å². The predicted molar refractivity (Wildman–Crippen MR) is 84.9 cm³/mol. The summed E-state index contributed by atoms with van der Waals surface area (Å²) in [5.41, 5.74) is 4.42. The first-order valence-electron chi connectivity index (χ1n) is 7.14. The number of carbonyl (C=O) groups excluding carboxylic acids is 2. The molecule has 112 valence electrons. The fourth-order valence-corrected chi connectivity index (χ4v) is 2.65. The Balaban J connectivity index is 1.70. The number of hydrogen-bond donors (Lipinski definition) is 1. The number of amides is 2.